The van der Waals surface area contributed by atoms with E-state index in [0.29, 0.717) is 23.6 Å². The van der Waals surface area contributed by atoms with Crippen LogP contribution >= 0.6 is 0 Å². The van der Waals surface area contributed by atoms with Gasteiger partial charge in [-0.05, 0) is 24.2 Å². The summed E-state index contributed by atoms with van der Waals surface area (Å²) in [5.74, 6) is 0.252. The summed E-state index contributed by atoms with van der Waals surface area (Å²) in [6.45, 7) is 2.61. The lowest BCUT2D eigenvalue weighted by molar-refractivity contribution is -0.138. The zero-order valence-electron chi connectivity index (χ0n) is 10.6. The molecule has 0 amide bonds. The number of benzene rings is 1. The van der Waals surface area contributed by atoms with Crippen LogP contribution in [0, 0.1) is 0 Å². The molecule has 0 spiro atoms. The molecule has 2 rings (SSSR count). The largest absolute Gasteiger partial charge is 0.481 e. The second-order valence-corrected chi connectivity index (χ2v) is 4.32. The van der Waals surface area contributed by atoms with Crippen molar-refractivity contribution in [1.82, 2.24) is 5.32 Å². The number of rotatable bonds is 6. The first-order valence-corrected chi connectivity index (χ1v) is 6.14. The number of aliphatic hydroxyl groups excluding tert-OH is 1. The average molecular weight is 267 g/mol. The third-order valence-corrected chi connectivity index (χ3v) is 2.98. The molecule has 19 heavy (non-hydrogen) atoms. The Labute approximate surface area is 111 Å². The smallest absolute Gasteiger partial charge is 0.305 e. The Balaban J connectivity index is 2.16. The Morgan fingerprint density at radius 1 is 1.42 bits per heavy atom. The van der Waals surface area contributed by atoms with Gasteiger partial charge in [-0.3, -0.25) is 4.79 Å². The molecule has 2 atom stereocenters. The quantitative estimate of drug-likeness (QED) is 0.710. The minimum absolute atomic E-state index is 0.149. The summed E-state index contributed by atoms with van der Waals surface area (Å²) in [6.07, 6.45) is -1.06. The summed E-state index contributed by atoms with van der Waals surface area (Å²) in [6, 6.07) is 4.57. The molecule has 1 aromatic rings. The third-order valence-electron chi connectivity index (χ3n) is 2.98. The molecule has 1 aliphatic rings. The van der Waals surface area contributed by atoms with Gasteiger partial charge < -0.3 is 25.0 Å². The van der Waals surface area contributed by atoms with Crippen LogP contribution in [-0.4, -0.2) is 35.6 Å². The van der Waals surface area contributed by atoms with E-state index in [1.165, 1.54) is 0 Å². The highest BCUT2D eigenvalue weighted by Crippen LogP contribution is 2.35. The van der Waals surface area contributed by atoms with Gasteiger partial charge in [-0.15, -0.1) is 0 Å². The number of carboxylic acids is 1. The Bertz CT molecular complexity index is 462. The molecule has 1 heterocycles. The van der Waals surface area contributed by atoms with Crippen molar-refractivity contribution in [2.75, 3.05) is 13.3 Å². The number of fused-ring (bicyclic) bond motifs is 1. The standard InChI is InChI=1S/C13H17NO5/c1-2-14-9(6-12(15)16)13(17)8-3-4-10-11(5-8)19-7-18-10/h3-5,9,13-14,17H,2,6-7H2,1H3,(H,15,16). The van der Waals surface area contributed by atoms with Gasteiger partial charge in [-0.25, -0.2) is 0 Å². The van der Waals surface area contributed by atoms with E-state index in [0.717, 1.165) is 0 Å². The molecule has 1 aromatic carbocycles. The molecule has 104 valence electrons. The normalized spacial score (nSPS) is 16.1. The van der Waals surface area contributed by atoms with E-state index in [-0.39, 0.29) is 13.2 Å². The highest BCUT2D eigenvalue weighted by Gasteiger charge is 2.24. The Hall–Kier alpha value is -1.79. The van der Waals surface area contributed by atoms with Crippen LogP contribution in [0.5, 0.6) is 11.5 Å². The van der Waals surface area contributed by atoms with Gasteiger partial charge in [0.05, 0.1) is 12.5 Å². The van der Waals surface area contributed by atoms with Crippen molar-refractivity contribution in [1.29, 1.82) is 0 Å². The number of carboxylic acid groups (broad SMARTS) is 1. The van der Waals surface area contributed by atoms with Gasteiger partial charge in [0, 0.05) is 6.04 Å². The lowest BCUT2D eigenvalue weighted by Crippen LogP contribution is -2.36. The number of carbonyl (C=O) groups is 1. The molecule has 0 radical (unpaired) electrons. The maximum atomic E-state index is 10.8. The van der Waals surface area contributed by atoms with E-state index in [4.69, 9.17) is 14.6 Å². The van der Waals surface area contributed by atoms with Crippen molar-refractivity contribution in [2.24, 2.45) is 0 Å². The van der Waals surface area contributed by atoms with Crippen LogP contribution in [0.25, 0.3) is 0 Å². The molecule has 1 aliphatic heterocycles. The van der Waals surface area contributed by atoms with E-state index >= 15 is 0 Å². The predicted molar refractivity (Wildman–Crippen MR) is 67.2 cm³/mol. The zero-order chi connectivity index (χ0) is 13.8. The van der Waals surface area contributed by atoms with Gasteiger partial charge in [-0.2, -0.15) is 0 Å². The molecule has 0 saturated carbocycles. The molecule has 0 bridgehead atoms. The Morgan fingerprint density at radius 3 is 2.84 bits per heavy atom. The van der Waals surface area contributed by atoms with Crippen molar-refractivity contribution in [3.05, 3.63) is 23.8 Å². The van der Waals surface area contributed by atoms with Crippen LogP contribution in [0.15, 0.2) is 18.2 Å². The highest BCUT2D eigenvalue weighted by atomic mass is 16.7. The van der Waals surface area contributed by atoms with E-state index < -0.39 is 18.1 Å². The van der Waals surface area contributed by atoms with Gasteiger partial charge in [0.15, 0.2) is 11.5 Å². The number of aliphatic hydroxyl groups is 1. The number of ether oxygens (including phenoxy) is 2. The summed E-state index contributed by atoms with van der Waals surface area (Å²) < 4.78 is 10.4. The first kappa shape index (κ1) is 13.6. The third kappa shape index (κ3) is 3.15. The minimum atomic E-state index is -0.953. The number of hydrogen-bond donors (Lipinski definition) is 3. The lowest BCUT2D eigenvalue weighted by atomic mass is 9.99. The highest BCUT2D eigenvalue weighted by molar-refractivity contribution is 5.67. The van der Waals surface area contributed by atoms with Crippen molar-refractivity contribution >= 4 is 5.97 Å². The average Bonchev–Trinajstić information content (AvgIpc) is 2.84. The number of likely N-dealkylation sites (N-methyl/N-ethyl adjacent to an activating group) is 1. The summed E-state index contributed by atoms with van der Waals surface area (Å²) in [5.41, 5.74) is 0.608. The summed E-state index contributed by atoms with van der Waals surface area (Å²) in [7, 11) is 0. The summed E-state index contributed by atoms with van der Waals surface area (Å²) in [5, 5.41) is 22.1. The predicted octanol–water partition coefficient (Wildman–Crippen LogP) is 0.901. The van der Waals surface area contributed by atoms with Crippen LogP contribution in [0.4, 0.5) is 0 Å². The topological polar surface area (TPSA) is 88.0 Å². The van der Waals surface area contributed by atoms with Crippen LogP contribution in [0.1, 0.15) is 25.0 Å². The van der Waals surface area contributed by atoms with E-state index in [2.05, 4.69) is 5.32 Å². The molecular formula is C13H17NO5. The van der Waals surface area contributed by atoms with Gasteiger partial charge in [0.25, 0.3) is 0 Å². The maximum absolute atomic E-state index is 10.8. The molecule has 3 N–H and O–H groups in total. The molecule has 0 aromatic heterocycles. The first-order chi connectivity index (χ1) is 9.11. The molecule has 2 unspecified atom stereocenters. The van der Waals surface area contributed by atoms with Crippen molar-refractivity contribution in [3.63, 3.8) is 0 Å². The lowest BCUT2D eigenvalue weighted by Gasteiger charge is -2.22. The second-order valence-electron chi connectivity index (χ2n) is 4.32. The van der Waals surface area contributed by atoms with E-state index in [1.54, 1.807) is 18.2 Å². The van der Waals surface area contributed by atoms with E-state index in [9.17, 15) is 9.90 Å². The summed E-state index contributed by atoms with van der Waals surface area (Å²) in [4.78, 5) is 10.8. The molecule has 6 heteroatoms. The van der Waals surface area contributed by atoms with Gasteiger partial charge in [0.2, 0.25) is 6.79 Å². The summed E-state index contributed by atoms with van der Waals surface area (Å²) >= 11 is 0. The fourth-order valence-electron chi connectivity index (χ4n) is 2.08. The molecule has 0 fully saturated rings. The van der Waals surface area contributed by atoms with Crippen molar-refractivity contribution in [3.8, 4) is 11.5 Å². The molecule has 0 saturated heterocycles. The van der Waals surface area contributed by atoms with Crippen molar-refractivity contribution < 1.29 is 24.5 Å². The zero-order valence-corrected chi connectivity index (χ0v) is 10.6. The fourth-order valence-corrected chi connectivity index (χ4v) is 2.08. The fraction of sp³-hybridized carbons (Fsp3) is 0.462. The maximum Gasteiger partial charge on any atom is 0.305 e. The number of nitrogens with one attached hydrogen (secondary N) is 1. The molecular weight excluding hydrogens is 250 g/mol. The van der Waals surface area contributed by atoms with E-state index in [1.807, 2.05) is 6.92 Å². The number of aliphatic carboxylic acids is 1. The Kier molecular flexibility index (Phi) is 4.24. The SMILES string of the molecule is CCNC(CC(=O)O)C(O)c1ccc2c(c1)OCO2. The van der Waals surface area contributed by atoms with Gasteiger partial charge in [0.1, 0.15) is 0 Å². The number of hydrogen-bond acceptors (Lipinski definition) is 5. The molecule has 6 nitrogen and oxygen atoms in total. The second kappa shape index (κ2) is 5.90. The molecule has 0 aliphatic carbocycles. The monoisotopic (exact) mass is 267 g/mol. The van der Waals surface area contributed by atoms with Crippen molar-refractivity contribution in [2.45, 2.75) is 25.5 Å². The van der Waals surface area contributed by atoms with Crippen LogP contribution < -0.4 is 14.8 Å². The van der Waals surface area contributed by atoms with Crippen LogP contribution in [-0.2, 0) is 4.79 Å². The van der Waals surface area contributed by atoms with Crippen LogP contribution in [0.3, 0.4) is 0 Å². The minimum Gasteiger partial charge on any atom is -0.481 e. The first-order valence-electron chi connectivity index (χ1n) is 6.14. The Morgan fingerprint density at radius 2 is 2.16 bits per heavy atom. The van der Waals surface area contributed by atoms with Gasteiger partial charge in [-0.1, -0.05) is 13.0 Å². The van der Waals surface area contributed by atoms with Gasteiger partial charge >= 0.3 is 5.97 Å². The van der Waals surface area contributed by atoms with Crippen LogP contribution in [0.2, 0.25) is 0 Å².